The van der Waals surface area contributed by atoms with E-state index in [1.807, 2.05) is 67.0 Å². The Kier molecular flexibility index (Phi) is 8.26. The molecule has 6 nitrogen and oxygen atoms in total. The Morgan fingerprint density at radius 3 is 2.31 bits per heavy atom. The summed E-state index contributed by atoms with van der Waals surface area (Å²) in [7, 11) is 0. The van der Waals surface area contributed by atoms with Crippen molar-refractivity contribution in [2.75, 3.05) is 32.8 Å². The third kappa shape index (κ3) is 6.22. The maximum absolute atomic E-state index is 13.4. The highest BCUT2D eigenvalue weighted by Gasteiger charge is 2.41. The van der Waals surface area contributed by atoms with Gasteiger partial charge in [0, 0.05) is 48.6 Å². The van der Waals surface area contributed by atoms with Crippen molar-refractivity contribution >= 4 is 23.4 Å². The highest BCUT2D eigenvalue weighted by molar-refractivity contribution is 6.32. The van der Waals surface area contributed by atoms with Crippen LogP contribution >= 0.6 is 11.6 Å². The van der Waals surface area contributed by atoms with Crippen molar-refractivity contribution in [1.82, 2.24) is 9.80 Å². The molecule has 1 N–H and O–H groups in total. The number of carbonyl (C=O) groups is 2. The summed E-state index contributed by atoms with van der Waals surface area (Å²) in [6.45, 7) is 8.52. The van der Waals surface area contributed by atoms with E-state index in [4.69, 9.17) is 16.3 Å². The van der Waals surface area contributed by atoms with E-state index in [-0.39, 0.29) is 17.9 Å². The average molecular weight is 513 g/mol. The van der Waals surface area contributed by atoms with E-state index in [0.29, 0.717) is 57.6 Å². The van der Waals surface area contributed by atoms with Crippen LogP contribution in [0.15, 0.2) is 36.4 Å². The number of aliphatic hydroxyl groups is 1. The second-order valence-electron chi connectivity index (χ2n) is 10.6. The number of aryl methyl sites for hydroxylation is 3. The molecule has 0 spiro atoms. The molecule has 0 unspecified atom stereocenters. The smallest absolute Gasteiger partial charge is 0.253 e. The van der Waals surface area contributed by atoms with E-state index in [2.05, 4.69) is 0 Å². The first kappa shape index (κ1) is 26.5. The summed E-state index contributed by atoms with van der Waals surface area (Å²) in [6.07, 6.45) is 2.81. The molecule has 2 aliphatic rings. The topological polar surface area (TPSA) is 70.1 Å². The lowest BCUT2D eigenvalue weighted by molar-refractivity contribution is -0.137. The summed E-state index contributed by atoms with van der Waals surface area (Å²) in [5.74, 6) is 0.786. The molecule has 0 aliphatic carbocycles. The summed E-state index contributed by atoms with van der Waals surface area (Å²) in [5, 5.41) is 10.6. The van der Waals surface area contributed by atoms with Gasteiger partial charge in [-0.1, -0.05) is 29.3 Å². The Morgan fingerprint density at radius 1 is 1.03 bits per heavy atom. The van der Waals surface area contributed by atoms with Crippen molar-refractivity contribution in [3.63, 3.8) is 0 Å². The molecule has 2 saturated heterocycles. The highest BCUT2D eigenvalue weighted by atomic mass is 35.5. The SMILES string of the molecule is Cc1ccc(C(=O)N2CCC[C@](COc3cc(C)c(Cl)c(C)c3)(CC(=O)N3CCC(O)CC3)C2)cc1. The van der Waals surface area contributed by atoms with Crippen LogP contribution in [0.25, 0.3) is 0 Å². The number of ether oxygens (including phenoxy) is 1. The minimum Gasteiger partial charge on any atom is -0.493 e. The van der Waals surface area contributed by atoms with E-state index in [1.54, 1.807) is 0 Å². The van der Waals surface area contributed by atoms with Crippen molar-refractivity contribution in [3.8, 4) is 5.75 Å². The van der Waals surface area contributed by atoms with Crippen LogP contribution in [-0.4, -0.2) is 65.6 Å². The van der Waals surface area contributed by atoms with Crippen LogP contribution in [0.1, 0.15) is 59.2 Å². The fourth-order valence-corrected chi connectivity index (χ4v) is 5.46. The molecule has 194 valence electrons. The predicted molar refractivity (Wildman–Crippen MR) is 142 cm³/mol. The largest absolute Gasteiger partial charge is 0.493 e. The van der Waals surface area contributed by atoms with Gasteiger partial charge in [-0.05, 0) is 81.8 Å². The number of halogens is 1. The van der Waals surface area contributed by atoms with E-state index in [9.17, 15) is 14.7 Å². The Bertz CT molecular complexity index is 1070. The fourth-order valence-electron chi connectivity index (χ4n) is 5.35. The molecular formula is C29H37ClN2O4. The first-order chi connectivity index (χ1) is 17.2. The first-order valence-electron chi connectivity index (χ1n) is 12.9. The zero-order chi connectivity index (χ0) is 25.9. The zero-order valence-corrected chi connectivity index (χ0v) is 22.3. The molecule has 0 aromatic heterocycles. The Balaban J connectivity index is 1.55. The van der Waals surface area contributed by atoms with Gasteiger partial charge in [-0.3, -0.25) is 9.59 Å². The summed E-state index contributed by atoms with van der Waals surface area (Å²) in [6, 6.07) is 11.5. The summed E-state index contributed by atoms with van der Waals surface area (Å²) < 4.78 is 6.31. The van der Waals surface area contributed by atoms with Crippen molar-refractivity contribution in [2.24, 2.45) is 5.41 Å². The monoisotopic (exact) mass is 512 g/mol. The van der Waals surface area contributed by atoms with Gasteiger partial charge in [0.1, 0.15) is 5.75 Å². The molecule has 4 rings (SSSR count). The van der Waals surface area contributed by atoms with Gasteiger partial charge in [0.25, 0.3) is 5.91 Å². The van der Waals surface area contributed by atoms with Crippen LogP contribution in [0.2, 0.25) is 5.02 Å². The number of piperidine rings is 2. The van der Waals surface area contributed by atoms with Crippen LogP contribution in [0, 0.1) is 26.2 Å². The molecule has 2 aromatic rings. The van der Waals surface area contributed by atoms with E-state index < -0.39 is 5.41 Å². The fraction of sp³-hybridized carbons (Fsp3) is 0.517. The lowest BCUT2D eigenvalue weighted by Crippen LogP contribution is -2.51. The minimum atomic E-state index is -0.493. The van der Waals surface area contributed by atoms with Crippen molar-refractivity contribution in [1.29, 1.82) is 0 Å². The number of benzene rings is 2. The van der Waals surface area contributed by atoms with Gasteiger partial charge in [0.15, 0.2) is 0 Å². The van der Waals surface area contributed by atoms with Gasteiger partial charge >= 0.3 is 0 Å². The first-order valence-corrected chi connectivity index (χ1v) is 13.2. The summed E-state index contributed by atoms with van der Waals surface area (Å²) in [5.41, 5.74) is 3.18. The van der Waals surface area contributed by atoms with E-state index in [1.165, 1.54) is 0 Å². The maximum atomic E-state index is 13.4. The molecule has 7 heteroatoms. The predicted octanol–water partition coefficient (Wildman–Crippen LogP) is 4.94. The van der Waals surface area contributed by atoms with Gasteiger partial charge < -0.3 is 19.6 Å². The van der Waals surface area contributed by atoms with E-state index >= 15 is 0 Å². The molecule has 2 aliphatic heterocycles. The normalized spacial score (nSPS) is 20.9. The van der Waals surface area contributed by atoms with Gasteiger partial charge in [-0.2, -0.15) is 0 Å². The molecule has 2 heterocycles. The molecule has 1 atom stereocenters. The summed E-state index contributed by atoms with van der Waals surface area (Å²) in [4.78, 5) is 30.5. The van der Waals surface area contributed by atoms with Crippen LogP contribution in [0.5, 0.6) is 5.75 Å². The molecule has 0 radical (unpaired) electrons. The minimum absolute atomic E-state index is 0.00852. The number of carbonyl (C=O) groups excluding carboxylic acids is 2. The van der Waals surface area contributed by atoms with Gasteiger partial charge in [-0.15, -0.1) is 0 Å². The molecule has 2 fully saturated rings. The Labute approximate surface area is 219 Å². The molecule has 0 saturated carbocycles. The van der Waals surface area contributed by atoms with Crippen molar-refractivity contribution in [3.05, 3.63) is 63.7 Å². The van der Waals surface area contributed by atoms with Gasteiger partial charge in [-0.25, -0.2) is 0 Å². The second-order valence-corrected chi connectivity index (χ2v) is 11.0. The van der Waals surface area contributed by atoms with Gasteiger partial charge in [0.2, 0.25) is 5.91 Å². The third-order valence-electron chi connectivity index (χ3n) is 7.55. The zero-order valence-electron chi connectivity index (χ0n) is 21.6. The number of likely N-dealkylation sites (tertiary alicyclic amines) is 2. The number of hydrogen-bond acceptors (Lipinski definition) is 4. The van der Waals surface area contributed by atoms with Crippen LogP contribution in [0.3, 0.4) is 0 Å². The van der Waals surface area contributed by atoms with E-state index in [0.717, 1.165) is 40.3 Å². The third-order valence-corrected chi connectivity index (χ3v) is 8.14. The maximum Gasteiger partial charge on any atom is 0.253 e. The lowest BCUT2D eigenvalue weighted by atomic mass is 9.77. The van der Waals surface area contributed by atoms with Crippen LogP contribution in [0.4, 0.5) is 0 Å². The quantitative estimate of drug-likeness (QED) is 0.595. The molecule has 0 bridgehead atoms. The van der Waals surface area contributed by atoms with Gasteiger partial charge in [0.05, 0.1) is 12.7 Å². The molecule has 2 aromatic carbocycles. The molecule has 36 heavy (non-hydrogen) atoms. The number of hydrogen-bond donors (Lipinski definition) is 1. The van der Waals surface area contributed by atoms with Crippen molar-refractivity contribution in [2.45, 2.75) is 59.0 Å². The number of nitrogens with zero attached hydrogens (tertiary/aromatic N) is 2. The van der Waals surface area contributed by atoms with Crippen LogP contribution < -0.4 is 4.74 Å². The lowest BCUT2D eigenvalue weighted by Gasteiger charge is -2.43. The Hall–Kier alpha value is -2.57. The second kappa shape index (κ2) is 11.2. The standard InChI is InChI=1S/C29H37ClN2O4/c1-20-5-7-23(8-6-20)28(35)32-12-4-11-29(18-32,17-26(34)31-13-9-24(33)10-14-31)19-36-25-15-21(2)27(30)22(3)16-25/h5-8,15-16,24,33H,4,9-14,17-19H2,1-3H3/t29-/m0/s1. The summed E-state index contributed by atoms with van der Waals surface area (Å²) >= 11 is 6.35. The number of aliphatic hydroxyl groups excluding tert-OH is 1. The van der Waals surface area contributed by atoms with Crippen molar-refractivity contribution < 1.29 is 19.4 Å². The number of rotatable bonds is 6. The number of amides is 2. The highest BCUT2D eigenvalue weighted by Crippen LogP contribution is 2.37. The Morgan fingerprint density at radius 2 is 1.67 bits per heavy atom. The molecule has 2 amide bonds. The van der Waals surface area contributed by atoms with Crippen LogP contribution in [-0.2, 0) is 4.79 Å². The molecular weight excluding hydrogens is 476 g/mol. The average Bonchev–Trinajstić information content (AvgIpc) is 2.86.